The smallest absolute Gasteiger partial charge is 0.129 e. The SMILES string of the molecule is CCCNC(CCOCCOC)Cc1c(F)cccc1F. The zero-order chi connectivity index (χ0) is 15.5. The van der Waals surface area contributed by atoms with Gasteiger partial charge in [0.25, 0.3) is 0 Å². The van der Waals surface area contributed by atoms with Gasteiger partial charge in [0.2, 0.25) is 0 Å². The van der Waals surface area contributed by atoms with E-state index < -0.39 is 11.6 Å². The van der Waals surface area contributed by atoms with Crippen LogP contribution in [0.3, 0.4) is 0 Å². The average molecular weight is 301 g/mol. The molecule has 21 heavy (non-hydrogen) atoms. The molecule has 1 aromatic rings. The Hall–Kier alpha value is -1.04. The van der Waals surface area contributed by atoms with Gasteiger partial charge in [-0.2, -0.15) is 0 Å². The topological polar surface area (TPSA) is 30.5 Å². The van der Waals surface area contributed by atoms with Crippen molar-refractivity contribution in [1.29, 1.82) is 0 Å². The molecule has 0 heterocycles. The lowest BCUT2D eigenvalue weighted by Crippen LogP contribution is -2.33. The molecule has 1 rings (SSSR count). The number of hydrogen-bond acceptors (Lipinski definition) is 3. The zero-order valence-electron chi connectivity index (χ0n) is 12.8. The second-order valence-electron chi connectivity index (χ2n) is 4.95. The van der Waals surface area contributed by atoms with Crippen molar-refractivity contribution < 1.29 is 18.3 Å². The fraction of sp³-hybridized carbons (Fsp3) is 0.625. The Kier molecular flexibility index (Phi) is 9.14. The minimum Gasteiger partial charge on any atom is -0.382 e. The van der Waals surface area contributed by atoms with Gasteiger partial charge in [-0.1, -0.05) is 13.0 Å². The highest BCUT2D eigenvalue weighted by atomic mass is 19.1. The second-order valence-corrected chi connectivity index (χ2v) is 4.95. The van der Waals surface area contributed by atoms with Crippen LogP contribution in [0.2, 0.25) is 0 Å². The van der Waals surface area contributed by atoms with Crippen LogP contribution < -0.4 is 5.32 Å². The summed E-state index contributed by atoms with van der Waals surface area (Å²) in [7, 11) is 1.62. The summed E-state index contributed by atoms with van der Waals surface area (Å²) in [6, 6.07) is 3.98. The van der Waals surface area contributed by atoms with Gasteiger partial charge in [0, 0.05) is 25.3 Å². The van der Waals surface area contributed by atoms with Gasteiger partial charge in [-0.3, -0.25) is 0 Å². The van der Waals surface area contributed by atoms with E-state index in [1.807, 2.05) is 0 Å². The van der Waals surface area contributed by atoms with E-state index in [1.54, 1.807) is 7.11 Å². The molecule has 0 fully saturated rings. The minimum absolute atomic E-state index is 0.00102. The first-order valence-corrected chi connectivity index (χ1v) is 7.42. The molecule has 120 valence electrons. The molecular weight excluding hydrogens is 276 g/mol. The molecule has 1 unspecified atom stereocenters. The standard InChI is InChI=1S/C16H25F2NO2/c1-3-8-19-13(7-9-21-11-10-20-2)12-14-15(17)5-4-6-16(14)18/h4-6,13,19H,3,7-12H2,1-2H3. The predicted octanol–water partition coefficient (Wildman–Crippen LogP) is 2.93. The van der Waals surface area contributed by atoms with Gasteiger partial charge >= 0.3 is 0 Å². The molecule has 0 spiro atoms. The van der Waals surface area contributed by atoms with Crippen LogP contribution in [-0.2, 0) is 15.9 Å². The van der Waals surface area contributed by atoms with Crippen molar-refractivity contribution in [1.82, 2.24) is 5.32 Å². The molecule has 0 saturated heterocycles. The number of hydrogen-bond donors (Lipinski definition) is 1. The van der Waals surface area contributed by atoms with E-state index in [0.29, 0.717) is 32.7 Å². The predicted molar refractivity (Wildman–Crippen MR) is 79.5 cm³/mol. The summed E-state index contributed by atoms with van der Waals surface area (Å²) in [5.74, 6) is -0.975. The molecule has 0 aliphatic carbocycles. The van der Waals surface area contributed by atoms with Gasteiger partial charge in [0.1, 0.15) is 11.6 Å². The van der Waals surface area contributed by atoms with E-state index in [9.17, 15) is 8.78 Å². The van der Waals surface area contributed by atoms with Gasteiger partial charge in [-0.05, 0) is 37.9 Å². The van der Waals surface area contributed by atoms with Crippen LogP contribution in [0.4, 0.5) is 8.78 Å². The van der Waals surface area contributed by atoms with Crippen LogP contribution >= 0.6 is 0 Å². The number of rotatable bonds is 11. The third kappa shape index (κ3) is 6.98. The maximum atomic E-state index is 13.7. The molecule has 1 N–H and O–H groups in total. The first-order chi connectivity index (χ1) is 10.2. The van der Waals surface area contributed by atoms with E-state index in [-0.39, 0.29) is 11.6 Å². The highest BCUT2D eigenvalue weighted by Crippen LogP contribution is 2.15. The lowest BCUT2D eigenvalue weighted by molar-refractivity contribution is 0.0657. The van der Waals surface area contributed by atoms with Crippen molar-refractivity contribution in [3.63, 3.8) is 0 Å². The molecule has 0 saturated carbocycles. The summed E-state index contributed by atoms with van der Waals surface area (Å²) in [6.45, 7) is 4.50. The summed E-state index contributed by atoms with van der Waals surface area (Å²) in [5.41, 5.74) is 0.142. The van der Waals surface area contributed by atoms with Crippen LogP contribution in [-0.4, -0.2) is 39.5 Å². The second kappa shape index (κ2) is 10.7. The number of methoxy groups -OCH3 is 1. The summed E-state index contributed by atoms with van der Waals surface area (Å²) >= 11 is 0. The van der Waals surface area contributed by atoms with Gasteiger partial charge in [-0.15, -0.1) is 0 Å². The maximum Gasteiger partial charge on any atom is 0.129 e. The van der Waals surface area contributed by atoms with E-state index in [2.05, 4.69) is 12.2 Å². The van der Waals surface area contributed by atoms with Crippen molar-refractivity contribution in [2.24, 2.45) is 0 Å². The molecule has 3 nitrogen and oxygen atoms in total. The molecule has 0 aliphatic heterocycles. The van der Waals surface area contributed by atoms with Crippen molar-refractivity contribution in [3.8, 4) is 0 Å². The van der Waals surface area contributed by atoms with Crippen molar-refractivity contribution >= 4 is 0 Å². The molecule has 1 atom stereocenters. The molecule has 0 amide bonds. The van der Waals surface area contributed by atoms with Gasteiger partial charge in [0.05, 0.1) is 13.2 Å². The Morgan fingerprint density at radius 2 is 1.86 bits per heavy atom. The first kappa shape index (κ1) is 18.0. The summed E-state index contributed by atoms with van der Waals surface area (Å²) in [5, 5.41) is 3.32. The van der Waals surface area contributed by atoms with Crippen LogP contribution in [0, 0.1) is 11.6 Å². The molecule has 0 aliphatic rings. The third-order valence-corrected chi connectivity index (χ3v) is 3.24. The van der Waals surface area contributed by atoms with Crippen LogP contribution in [0.15, 0.2) is 18.2 Å². The monoisotopic (exact) mass is 301 g/mol. The Bertz CT molecular complexity index is 382. The van der Waals surface area contributed by atoms with Crippen LogP contribution in [0.25, 0.3) is 0 Å². The molecule has 1 aromatic carbocycles. The normalized spacial score (nSPS) is 12.6. The van der Waals surface area contributed by atoms with E-state index in [1.165, 1.54) is 18.2 Å². The highest BCUT2D eigenvalue weighted by Gasteiger charge is 2.15. The molecule has 5 heteroatoms. The third-order valence-electron chi connectivity index (χ3n) is 3.24. The number of halogens is 2. The summed E-state index contributed by atoms with van der Waals surface area (Å²) in [6.07, 6.45) is 2.00. The quantitative estimate of drug-likeness (QED) is 0.638. The molecule has 0 aromatic heterocycles. The Labute approximate surface area is 125 Å². The fourth-order valence-corrected chi connectivity index (χ4v) is 2.07. The Balaban J connectivity index is 2.52. The van der Waals surface area contributed by atoms with E-state index in [0.717, 1.165) is 13.0 Å². The molecule has 0 radical (unpaired) electrons. The van der Waals surface area contributed by atoms with E-state index >= 15 is 0 Å². The van der Waals surface area contributed by atoms with Gasteiger partial charge < -0.3 is 14.8 Å². The highest BCUT2D eigenvalue weighted by molar-refractivity contribution is 5.20. The zero-order valence-corrected chi connectivity index (χ0v) is 12.8. The fourth-order valence-electron chi connectivity index (χ4n) is 2.07. The summed E-state index contributed by atoms with van der Waals surface area (Å²) in [4.78, 5) is 0. The average Bonchev–Trinajstić information content (AvgIpc) is 2.47. The minimum atomic E-state index is -0.487. The molecular formula is C16H25F2NO2. The molecule has 0 bridgehead atoms. The Morgan fingerprint density at radius 1 is 1.14 bits per heavy atom. The maximum absolute atomic E-state index is 13.7. The number of ether oxygens (including phenoxy) is 2. The van der Waals surface area contributed by atoms with Crippen molar-refractivity contribution in [2.75, 3.05) is 33.5 Å². The van der Waals surface area contributed by atoms with Crippen molar-refractivity contribution in [2.45, 2.75) is 32.2 Å². The Morgan fingerprint density at radius 3 is 2.48 bits per heavy atom. The van der Waals surface area contributed by atoms with Crippen molar-refractivity contribution in [3.05, 3.63) is 35.4 Å². The van der Waals surface area contributed by atoms with Gasteiger partial charge in [0.15, 0.2) is 0 Å². The first-order valence-electron chi connectivity index (χ1n) is 7.42. The summed E-state index contributed by atoms with van der Waals surface area (Å²) < 4.78 is 37.7. The lowest BCUT2D eigenvalue weighted by atomic mass is 10.0. The van der Waals surface area contributed by atoms with Gasteiger partial charge in [-0.25, -0.2) is 8.78 Å². The van der Waals surface area contributed by atoms with Crippen LogP contribution in [0.5, 0.6) is 0 Å². The lowest BCUT2D eigenvalue weighted by Gasteiger charge is -2.19. The van der Waals surface area contributed by atoms with Crippen LogP contribution in [0.1, 0.15) is 25.3 Å². The van der Waals surface area contributed by atoms with E-state index in [4.69, 9.17) is 9.47 Å². The largest absolute Gasteiger partial charge is 0.382 e. The number of benzene rings is 1. The number of nitrogens with one attached hydrogen (secondary N) is 1.